The molecule has 1 atom stereocenters. The van der Waals surface area contributed by atoms with E-state index in [1.54, 1.807) is 0 Å². The van der Waals surface area contributed by atoms with Crippen LogP contribution in [0.4, 0.5) is 0 Å². The van der Waals surface area contributed by atoms with Crippen molar-refractivity contribution in [2.75, 3.05) is 6.61 Å². The van der Waals surface area contributed by atoms with E-state index in [9.17, 15) is 0 Å². The summed E-state index contributed by atoms with van der Waals surface area (Å²) in [5.41, 5.74) is 6.49. The normalized spacial score (nSPS) is 28.5. The van der Waals surface area contributed by atoms with Crippen LogP contribution in [-0.4, -0.2) is 18.2 Å². The third-order valence-corrected chi connectivity index (χ3v) is 5.97. The summed E-state index contributed by atoms with van der Waals surface area (Å²) < 4.78 is 6.17. The number of thiophene rings is 1. The number of aryl methyl sites for hydroxylation is 1. The van der Waals surface area contributed by atoms with Crippen LogP contribution >= 0.6 is 11.3 Å². The van der Waals surface area contributed by atoms with E-state index in [2.05, 4.69) is 32.9 Å². The average Bonchev–Trinajstić information content (AvgIpc) is 2.89. The molecule has 1 heterocycles. The standard InChI is InChI=1S/C17H29NOS/c1-4-14-6-7-15(20-14)12-16(18)17(19-5-2)10-8-13(3)9-11-17/h6-7,13,16H,4-5,8-12,18H2,1-3H3. The molecule has 2 nitrogen and oxygen atoms in total. The van der Waals surface area contributed by atoms with Gasteiger partial charge >= 0.3 is 0 Å². The second-order valence-corrected chi connectivity index (χ2v) is 7.47. The van der Waals surface area contributed by atoms with Crippen LogP contribution in [0, 0.1) is 5.92 Å². The van der Waals surface area contributed by atoms with Crippen molar-refractivity contribution in [2.24, 2.45) is 11.7 Å². The molecule has 2 rings (SSSR count). The molecule has 20 heavy (non-hydrogen) atoms. The first-order chi connectivity index (χ1) is 9.59. The topological polar surface area (TPSA) is 35.2 Å². The third-order valence-electron chi connectivity index (χ3n) is 4.72. The number of rotatable bonds is 6. The predicted molar refractivity (Wildman–Crippen MR) is 87.4 cm³/mol. The van der Waals surface area contributed by atoms with Gasteiger partial charge in [0.1, 0.15) is 0 Å². The minimum absolute atomic E-state index is 0.0857. The van der Waals surface area contributed by atoms with Gasteiger partial charge in [-0.3, -0.25) is 0 Å². The van der Waals surface area contributed by atoms with Gasteiger partial charge in [-0.15, -0.1) is 11.3 Å². The number of hydrogen-bond acceptors (Lipinski definition) is 3. The van der Waals surface area contributed by atoms with Gasteiger partial charge in [0.05, 0.1) is 5.60 Å². The van der Waals surface area contributed by atoms with Crippen molar-refractivity contribution < 1.29 is 4.74 Å². The lowest BCUT2D eigenvalue weighted by Gasteiger charge is -2.43. The minimum atomic E-state index is -0.0857. The first-order valence-electron chi connectivity index (χ1n) is 8.06. The van der Waals surface area contributed by atoms with Crippen molar-refractivity contribution in [3.05, 3.63) is 21.9 Å². The predicted octanol–water partition coefficient (Wildman–Crippen LogP) is 4.17. The molecule has 0 aliphatic heterocycles. The van der Waals surface area contributed by atoms with Gasteiger partial charge in [-0.2, -0.15) is 0 Å². The highest BCUT2D eigenvalue weighted by Gasteiger charge is 2.40. The molecule has 2 N–H and O–H groups in total. The highest BCUT2D eigenvalue weighted by Crippen LogP contribution is 2.38. The summed E-state index contributed by atoms with van der Waals surface area (Å²) >= 11 is 1.91. The largest absolute Gasteiger partial charge is 0.374 e. The zero-order valence-corrected chi connectivity index (χ0v) is 14.0. The van der Waals surface area contributed by atoms with Crippen molar-refractivity contribution in [1.29, 1.82) is 0 Å². The zero-order chi connectivity index (χ0) is 14.6. The van der Waals surface area contributed by atoms with Crippen molar-refractivity contribution in [1.82, 2.24) is 0 Å². The Morgan fingerprint density at radius 3 is 2.50 bits per heavy atom. The Labute approximate surface area is 127 Å². The van der Waals surface area contributed by atoms with Crippen molar-refractivity contribution in [3.63, 3.8) is 0 Å². The van der Waals surface area contributed by atoms with E-state index < -0.39 is 0 Å². The highest BCUT2D eigenvalue weighted by atomic mass is 32.1. The molecule has 0 amide bonds. The van der Waals surface area contributed by atoms with Crippen LogP contribution in [0.5, 0.6) is 0 Å². The Kier molecular flexibility index (Phi) is 5.65. The van der Waals surface area contributed by atoms with E-state index in [-0.39, 0.29) is 11.6 Å². The summed E-state index contributed by atoms with van der Waals surface area (Å²) in [7, 11) is 0. The van der Waals surface area contributed by atoms with Gasteiger partial charge in [0, 0.05) is 22.4 Å². The van der Waals surface area contributed by atoms with E-state index in [4.69, 9.17) is 10.5 Å². The van der Waals surface area contributed by atoms with E-state index in [0.717, 1.165) is 38.2 Å². The lowest BCUT2D eigenvalue weighted by molar-refractivity contribution is -0.0882. The SMILES string of the molecule is CCOC1(C(N)Cc2ccc(CC)s2)CCC(C)CC1. The van der Waals surface area contributed by atoms with Crippen LogP contribution in [0.1, 0.15) is 56.2 Å². The van der Waals surface area contributed by atoms with E-state index in [1.165, 1.54) is 22.6 Å². The van der Waals surface area contributed by atoms with Crippen LogP contribution in [0.3, 0.4) is 0 Å². The van der Waals surface area contributed by atoms with Crippen molar-refractivity contribution >= 4 is 11.3 Å². The smallest absolute Gasteiger partial charge is 0.0836 e. The van der Waals surface area contributed by atoms with Gasteiger partial charge in [-0.25, -0.2) is 0 Å². The van der Waals surface area contributed by atoms with Crippen molar-refractivity contribution in [3.8, 4) is 0 Å². The van der Waals surface area contributed by atoms with Crippen LogP contribution in [-0.2, 0) is 17.6 Å². The molecular weight excluding hydrogens is 266 g/mol. The number of hydrogen-bond donors (Lipinski definition) is 1. The molecule has 114 valence electrons. The molecule has 1 aliphatic carbocycles. The molecule has 0 saturated heterocycles. The van der Waals surface area contributed by atoms with Crippen LogP contribution in [0.15, 0.2) is 12.1 Å². The maximum absolute atomic E-state index is 6.58. The monoisotopic (exact) mass is 295 g/mol. The molecule has 0 aromatic carbocycles. The lowest BCUT2D eigenvalue weighted by Crippen LogP contribution is -2.53. The lowest BCUT2D eigenvalue weighted by atomic mass is 9.74. The summed E-state index contributed by atoms with van der Waals surface area (Å²) in [4.78, 5) is 2.86. The van der Waals surface area contributed by atoms with Gasteiger partial charge < -0.3 is 10.5 Å². The molecule has 1 aliphatic rings. The molecule has 1 aromatic heterocycles. The minimum Gasteiger partial charge on any atom is -0.374 e. The fourth-order valence-corrected chi connectivity index (χ4v) is 4.30. The number of ether oxygens (including phenoxy) is 1. The van der Waals surface area contributed by atoms with Crippen LogP contribution in [0.2, 0.25) is 0 Å². The Morgan fingerprint density at radius 1 is 1.30 bits per heavy atom. The molecule has 1 unspecified atom stereocenters. The maximum Gasteiger partial charge on any atom is 0.0836 e. The van der Waals surface area contributed by atoms with Gasteiger partial charge in [-0.05, 0) is 63.5 Å². The zero-order valence-electron chi connectivity index (χ0n) is 13.2. The first kappa shape index (κ1) is 16.0. The Bertz CT molecular complexity index is 407. The number of nitrogens with two attached hydrogens (primary N) is 1. The maximum atomic E-state index is 6.58. The van der Waals surface area contributed by atoms with Crippen molar-refractivity contribution in [2.45, 2.75) is 70.9 Å². The molecule has 3 heteroatoms. The van der Waals surface area contributed by atoms with E-state index in [1.807, 2.05) is 11.3 Å². The van der Waals surface area contributed by atoms with Gasteiger partial charge in [0.2, 0.25) is 0 Å². The summed E-state index contributed by atoms with van der Waals surface area (Å²) in [5.74, 6) is 0.823. The average molecular weight is 295 g/mol. The quantitative estimate of drug-likeness (QED) is 0.855. The first-order valence-corrected chi connectivity index (χ1v) is 8.88. The second-order valence-electron chi connectivity index (χ2n) is 6.21. The van der Waals surface area contributed by atoms with Gasteiger partial charge in [-0.1, -0.05) is 13.8 Å². The Balaban J connectivity index is 2.04. The van der Waals surface area contributed by atoms with Crippen LogP contribution < -0.4 is 5.73 Å². The molecule has 0 bridgehead atoms. The molecular formula is C17H29NOS. The molecule has 1 aromatic rings. The second kappa shape index (κ2) is 7.06. The fraction of sp³-hybridized carbons (Fsp3) is 0.765. The summed E-state index contributed by atoms with van der Waals surface area (Å²) in [6.07, 6.45) is 6.81. The summed E-state index contributed by atoms with van der Waals surface area (Å²) in [6.45, 7) is 7.41. The Hall–Kier alpha value is -0.380. The summed E-state index contributed by atoms with van der Waals surface area (Å²) in [5, 5.41) is 0. The summed E-state index contributed by atoms with van der Waals surface area (Å²) in [6, 6.07) is 4.61. The molecule has 0 radical (unpaired) electrons. The highest BCUT2D eigenvalue weighted by molar-refractivity contribution is 7.11. The van der Waals surface area contributed by atoms with E-state index in [0.29, 0.717) is 0 Å². The van der Waals surface area contributed by atoms with Crippen LogP contribution in [0.25, 0.3) is 0 Å². The molecule has 0 spiro atoms. The van der Waals surface area contributed by atoms with Gasteiger partial charge in [0.25, 0.3) is 0 Å². The Morgan fingerprint density at radius 2 is 1.95 bits per heavy atom. The molecule has 1 saturated carbocycles. The molecule has 1 fully saturated rings. The fourth-order valence-electron chi connectivity index (χ4n) is 3.29. The van der Waals surface area contributed by atoms with E-state index >= 15 is 0 Å². The van der Waals surface area contributed by atoms with Gasteiger partial charge in [0.15, 0.2) is 0 Å². The third kappa shape index (κ3) is 3.63.